The topological polar surface area (TPSA) is 26.3 Å². The van der Waals surface area contributed by atoms with Crippen LogP contribution in [0.15, 0.2) is 0 Å². The van der Waals surface area contributed by atoms with Crippen LogP contribution in [0.25, 0.3) is 0 Å². The van der Waals surface area contributed by atoms with Gasteiger partial charge in [0.2, 0.25) is 0 Å². The first kappa shape index (κ1) is 15.9. The fourth-order valence-corrected chi connectivity index (χ4v) is 4.12. The Balaban J connectivity index is 1.81. The molecule has 0 unspecified atom stereocenters. The molecule has 2 aliphatic rings. The van der Waals surface area contributed by atoms with E-state index in [9.17, 15) is 4.79 Å². The van der Waals surface area contributed by atoms with Crippen molar-refractivity contribution in [3.8, 4) is 0 Å². The number of carbonyl (C=O) groups excluding carboxylic acids is 1. The van der Waals surface area contributed by atoms with Crippen molar-refractivity contribution in [2.45, 2.75) is 96.5 Å². The maximum absolute atomic E-state index is 12.0. The van der Waals surface area contributed by atoms with Crippen molar-refractivity contribution in [1.29, 1.82) is 0 Å². The molecule has 2 fully saturated rings. The second kappa shape index (κ2) is 8.69. The number of esters is 1. The summed E-state index contributed by atoms with van der Waals surface area (Å²) in [4.78, 5) is 12.0. The van der Waals surface area contributed by atoms with E-state index >= 15 is 0 Å². The molecule has 2 rings (SSSR count). The van der Waals surface area contributed by atoms with Gasteiger partial charge in [0.25, 0.3) is 0 Å². The Bertz CT molecular complexity index is 281. The highest BCUT2D eigenvalue weighted by atomic mass is 16.5. The van der Waals surface area contributed by atoms with E-state index in [1.165, 1.54) is 57.8 Å². The summed E-state index contributed by atoms with van der Waals surface area (Å²) in [6.45, 7) is 2.17. The molecule has 0 amide bonds. The van der Waals surface area contributed by atoms with Gasteiger partial charge in [-0.05, 0) is 37.5 Å². The summed E-state index contributed by atoms with van der Waals surface area (Å²) in [7, 11) is 0. The average Bonchev–Trinajstić information content (AvgIpc) is 2.49. The van der Waals surface area contributed by atoms with Crippen molar-refractivity contribution in [1.82, 2.24) is 0 Å². The van der Waals surface area contributed by atoms with Gasteiger partial charge in [-0.1, -0.05) is 58.3 Å². The maximum Gasteiger partial charge on any atom is 0.306 e. The van der Waals surface area contributed by atoms with Gasteiger partial charge in [-0.2, -0.15) is 0 Å². The third-order valence-electron chi connectivity index (χ3n) is 5.28. The van der Waals surface area contributed by atoms with Crippen LogP contribution >= 0.6 is 0 Å². The third kappa shape index (κ3) is 4.79. The lowest BCUT2D eigenvalue weighted by Crippen LogP contribution is -2.35. The fraction of sp³-hybridized carbons (Fsp3) is 0.944. The number of carbonyl (C=O) groups is 1. The quantitative estimate of drug-likeness (QED) is 0.490. The van der Waals surface area contributed by atoms with Gasteiger partial charge < -0.3 is 4.74 Å². The fourth-order valence-electron chi connectivity index (χ4n) is 4.12. The molecule has 2 saturated carbocycles. The van der Waals surface area contributed by atoms with Gasteiger partial charge in [-0.25, -0.2) is 0 Å². The zero-order valence-corrected chi connectivity index (χ0v) is 13.2. The molecule has 2 nitrogen and oxygen atoms in total. The molecule has 20 heavy (non-hydrogen) atoms. The largest absolute Gasteiger partial charge is 0.462 e. The second-order valence-electron chi connectivity index (χ2n) is 6.83. The van der Waals surface area contributed by atoms with E-state index < -0.39 is 0 Å². The van der Waals surface area contributed by atoms with Crippen molar-refractivity contribution in [2.75, 3.05) is 0 Å². The van der Waals surface area contributed by atoms with E-state index in [2.05, 4.69) is 6.92 Å². The second-order valence-corrected chi connectivity index (χ2v) is 6.83. The molecule has 0 heterocycles. The van der Waals surface area contributed by atoms with Gasteiger partial charge in [-0.15, -0.1) is 0 Å². The van der Waals surface area contributed by atoms with Crippen LogP contribution in [0.1, 0.15) is 90.4 Å². The Hall–Kier alpha value is -0.530. The zero-order valence-electron chi connectivity index (χ0n) is 13.2. The van der Waals surface area contributed by atoms with Crippen LogP contribution in [0.5, 0.6) is 0 Å². The molecule has 0 spiro atoms. The van der Waals surface area contributed by atoms with E-state index in [1.807, 2.05) is 0 Å². The lowest BCUT2D eigenvalue weighted by Gasteiger charge is -2.38. The normalized spacial score (nSPS) is 28.2. The first-order valence-corrected chi connectivity index (χ1v) is 9.00. The molecule has 0 aromatic heterocycles. The molecule has 0 radical (unpaired) electrons. The predicted molar refractivity (Wildman–Crippen MR) is 82.6 cm³/mol. The van der Waals surface area contributed by atoms with Gasteiger partial charge in [0.15, 0.2) is 0 Å². The number of hydrogen-bond donors (Lipinski definition) is 0. The molecular weight excluding hydrogens is 248 g/mol. The molecule has 0 aromatic carbocycles. The van der Waals surface area contributed by atoms with E-state index in [1.54, 1.807) is 0 Å². The van der Waals surface area contributed by atoms with E-state index in [-0.39, 0.29) is 12.1 Å². The molecule has 116 valence electrons. The number of ether oxygens (including phenoxy) is 1. The van der Waals surface area contributed by atoms with Crippen molar-refractivity contribution in [3.05, 3.63) is 0 Å². The monoisotopic (exact) mass is 280 g/mol. The first-order chi connectivity index (χ1) is 9.81. The van der Waals surface area contributed by atoms with Gasteiger partial charge in [0, 0.05) is 6.42 Å². The number of rotatable bonds is 6. The standard InChI is InChI=1S/C18H32O2/c1-2-3-5-14-18(19)20-17-13-9-8-12-16(17)15-10-6-4-7-11-15/h15-17H,2-14H2,1H3/t16-,17+/m1/s1. The Labute approximate surface area is 124 Å². The van der Waals surface area contributed by atoms with Gasteiger partial charge in [0.05, 0.1) is 0 Å². The maximum atomic E-state index is 12.0. The van der Waals surface area contributed by atoms with E-state index in [0.717, 1.165) is 25.2 Å². The van der Waals surface area contributed by atoms with Crippen LogP contribution in [0.3, 0.4) is 0 Å². The summed E-state index contributed by atoms with van der Waals surface area (Å²) in [5.41, 5.74) is 0. The minimum Gasteiger partial charge on any atom is -0.462 e. The van der Waals surface area contributed by atoms with Crippen LogP contribution in [0, 0.1) is 11.8 Å². The molecule has 0 aliphatic heterocycles. The summed E-state index contributed by atoms with van der Waals surface area (Å²) in [5.74, 6) is 1.56. The lowest BCUT2D eigenvalue weighted by atomic mass is 9.72. The molecule has 0 saturated heterocycles. The molecule has 2 heteroatoms. The van der Waals surface area contributed by atoms with Gasteiger partial charge in [-0.3, -0.25) is 4.79 Å². The minimum atomic E-state index is 0.0613. The van der Waals surface area contributed by atoms with Gasteiger partial charge >= 0.3 is 5.97 Å². The summed E-state index contributed by atoms with van der Waals surface area (Å²) in [6, 6.07) is 0. The SMILES string of the molecule is CCCCCC(=O)O[C@H]1CCCC[C@@H]1C1CCCCC1. The average molecular weight is 280 g/mol. The molecule has 2 aliphatic carbocycles. The third-order valence-corrected chi connectivity index (χ3v) is 5.28. The van der Waals surface area contributed by atoms with Crippen molar-refractivity contribution >= 4 is 5.97 Å². The molecule has 2 atom stereocenters. The minimum absolute atomic E-state index is 0.0613. The highest BCUT2D eigenvalue weighted by Crippen LogP contribution is 2.39. The van der Waals surface area contributed by atoms with Crippen LogP contribution in [0.2, 0.25) is 0 Å². The Morgan fingerprint density at radius 2 is 1.65 bits per heavy atom. The molecule has 0 aromatic rings. The number of unbranched alkanes of at least 4 members (excludes halogenated alkanes) is 2. The highest BCUT2D eigenvalue weighted by molar-refractivity contribution is 5.69. The summed E-state index contributed by atoms with van der Waals surface area (Å²) < 4.78 is 5.86. The Morgan fingerprint density at radius 1 is 0.950 bits per heavy atom. The molecular formula is C18H32O2. The highest BCUT2D eigenvalue weighted by Gasteiger charge is 2.34. The van der Waals surface area contributed by atoms with Crippen molar-refractivity contribution < 1.29 is 9.53 Å². The van der Waals surface area contributed by atoms with Crippen molar-refractivity contribution in [3.63, 3.8) is 0 Å². The van der Waals surface area contributed by atoms with Crippen LogP contribution in [0.4, 0.5) is 0 Å². The van der Waals surface area contributed by atoms with E-state index in [4.69, 9.17) is 4.74 Å². The summed E-state index contributed by atoms with van der Waals surface area (Å²) in [6.07, 6.45) is 16.1. The summed E-state index contributed by atoms with van der Waals surface area (Å²) >= 11 is 0. The Morgan fingerprint density at radius 3 is 2.40 bits per heavy atom. The van der Waals surface area contributed by atoms with Crippen LogP contribution in [-0.4, -0.2) is 12.1 Å². The summed E-state index contributed by atoms with van der Waals surface area (Å²) in [5, 5.41) is 0. The Kier molecular flexibility index (Phi) is 6.89. The van der Waals surface area contributed by atoms with Crippen LogP contribution in [-0.2, 0) is 9.53 Å². The lowest BCUT2D eigenvalue weighted by molar-refractivity contribution is -0.155. The van der Waals surface area contributed by atoms with E-state index in [0.29, 0.717) is 12.3 Å². The smallest absolute Gasteiger partial charge is 0.306 e. The van der Waals surface area contributed by atoms with Crippen LogP contribution < -0.4 is 0 Å². The molecule has 0 bridgehead atoms. The van der Waals surface area contributed by atoms with Gasteiger partial charge in [0.1, 0.15) is 6.10 Å². The predicted octanol–water partition coefficient (Wildman–Crippen LogP) is 5.25. The van der Waals surface area contributed by atoms with Crippen molar-refractivity contribution in [2.24, 2.45) is 11.8 Å². The number of hydrogen-bond acceptors (Lipinski definition) is 2. The first-order valence-electron chi connectivity index (χ1n) is 9.00. The molecule has 0 N–H and O–H groups in total. The zero-order chi connectivity index (χ0) is 14.2.